The molecule has 2 aliphatic rings. The molecule has 0 radical (unpaired) electrons. The SMILES string of the molecule is CCC(C(=O)O)C1CCCC(O)C1.CCC(C(=O)O)C1CCCC(O)C1. The van der Waals surface area contributed by atoms with Crippen molar-refractivity contribution in [3.8, 4) is 0 Å². The zero-order chi connectivity index (χ0) is 19.7. The van der Waals surface area contributed by atoms with Gasteiger partial charge in [-0.05, 0) is 63.2 Å². The number of carboxylic acid groups (broad SMARTS) is 2. The Balaban J connectivity index is 0.000000260. The Labute approximate surface area is 156 Å². The van der Waals surface area contributed by atoms with Gasteiger partial charge in [0.15, 0.2) is 0 Å². The second-order valence-corrected chi connectivity index (χ2v) is 7.87. The molecule has 0 bridgehead atoms. The zero-order valence-electron chi connectivity index (χ0n) is 16.1. The smallest absolute Gasteiger partial charge is 0.306 e. The van der Waals surface area contributed by atoms with Gasteiger partial charge in [0.05, 0.1) is 24.0 Å². The lowest BCUT2D eigenvalue weighted by atomic mass is 9.78. The first-order valence-electron chi connectivity index (χ1n) is 10.1. The lowest BCUT2D eigenvalue weighted by molar-refractivity contribution is -0.145. The summed E-state index contributed by atoms with van der Waals surface area (Å²) in [5, 5.41) is 36.7. The van der Waals surface area contributed by atoms with E-state index in [9.17, 15) is 19.8 Å². The summed E-state index contributed by atoms with van der Waals surface area (Å²) in [4.78, 5) is 21.7. The van der Waals surface area contributed by atoms with Gasteiger partial charge >= 0.3 is 11.9 Å². The fourth-order valence-corrected chi connectivity index (χ4v) is 4.55. The van der Waals surface area contributed by atoms with Crippen molar-refractivity contribution in [3.63, 3.8) is 0 Å². The van der Waals surface area contributed by atoms with E-state index in [0.717, 1.165) is 38.5 Å². The molecule has 0 saturated heterocycles. The van der Waals surface area contributed by atoms with Crippen LogP contribution >= 0.6 is 0 Å². The predicted molar refractivity (Wildman–Crippen MR) is 98.8 cm³/mol. The maximum Gasteiger partial charge on any atom is 0.306 e. The summed E-state index contributed by atoms with van der Waals surface area (Å²) in [5.74, 6) is -1.55. The lowest BCUT2D eigenvalue weighted by Gasteiger charge is -2.29. The standard InChI is InChI=1S/2C10H18O3/c2*1-2-9(10(12)13)7-4-3-5-8(11)6-7/h2*7-9,11H,2-6H2,1H3,(H,12,13). The Morgan fingerprint density at radius 2 is 1.12 bits per heavy atom. The highest BCUT2D eigenvalue weighted by atomic mass is 16.4. The van der Waals surface area contributed by atoms with Gasteiger partial charge in [-0.3, -0.25) is 9.59 Å². The molecule has 26 heavy (non-hydrogen) atoms. The van der Waals surface area contributed by atoms with E-state index >= 15 is 0 Å². The minimum Gasteiger partial charge on any atom is -0.481 e. The summed E-state index contributed by atoms with van der Waals surface area (Å²) in [6.45, 7) is 3.81. The van der Waals surface area contributed by atoms with E-state index in [4.69, 9.17) is 10.2 Å². The molecule has 0 heterocycles. The Morgan fingerprint density at radius 3 is 1.35 bits per heavy atom. The van der Waals surface area contributed by atoms with Gasteiger partial charge in [-0.25, -0.2) is 0 Å². The molecule has 2 saturated carbocycles. The number of hydrogen-bond acceptors (Lipinski definition) is 4. The number of aliphatic hydroxyl groups is 2. The normalized spacial score (nSPS) is 31.2. The van der Waals surface area contributed by atoms with E-state index in [0.29, 0.717) is 25.7 Å². The third-order valence-corrected chi connectivity index (χ3v) is 6.03. The van der Waals surface area contributed by atoms with Crippen molar-refractivity contribution in [1.29, 1.82) is 0 Å². The van der Waals surface area contributed by atoms with E-state index in [1.54, 1.807) is 0 Å². The Hall–Kier alpha value is -1.14. The third-order valence-electron chi connectivity index (χ3n) is 6.03. The van der Waals surface area contributed by atoms with Crippen molar-refractivity contribution in [2.24, 2.45) is 23.7 Å². The molecule has 0 aromatic carbocycles. The summed E-state index contributed by atoms with van der Waals surface area (Å²) in [6.07, 6.45) is 7.68. The van der Waals surface area contributed by atoms with Gasteiger partial charge in [0.1, 0.15) is 0 Å². The number of carboxylic acids is 2. The van der Waals surface area contributed by atoms with Crippen molar-refractivity contribution in [2.75, 3.05) is 0 Å². The van der Waals surface area contributed by atoms with Crippen LogP contribution in [0.3, 0.4) is 0 Å². The van der Waals surface area contributed by atoms with Crippen molar-refractivity contribution in [3.05, 3.63) is 0 Å². The Morgan fingerprint density at radius 1 is 0.769 bits per heavy atom. The van der Waals surface area contributed by atoms with Crippen LogP contribution in [0, 0.1) is 23.7 Å². The molecule has 6 heteroatoms. The third kappa shape index (κ3) is 7.23. The maximum atomic E-state index is 10.9. The van der Waals surface area contributed by atoms with Crippen LogP contribution in [-0.2, 0) is 9.59 Å². The first kappa shape index (κ1) is 22.9. The molecule has 2 aliphatic carbocycles. The van der Waals surface area contributed by atoms with Crippen LogP contribution in [0.2, 0.25) is 0 Å². The molecule has 4 N–H and O–H groups in total. The van der Waals surface area contributed by atoms with Crippen LogP contribution in [0.5, 0.6) is 0 Å². The van der Waals surface area contributed by atoms with Crippen LogP contribution in [0.4, 0.5) is 0 Å². The Bertz CT molecular complexity index is 398. The van der Waals surface area contributed by atoms with E-state index < -0.39 is 11.9 Å². The molecule has 0 spiro atoms. The van der Waals surface area contributed by atoms with Crippen LogP contribution < -0.4 is 0 Å². The largest absolute Gasteiger partial charge is 0.481 e. The highest BCUT2D eigenvalue weighted by Crippen LogP contribution is 2.33. The molecule has 0 aromatic heterocycles. The number of hydrogen-bond donors (Lipinski definition) is 4. The molecule has 0 amide bonds. The van der Waals surface area contributed by atoms with Gasteiger partial charge in [0.25, 0.3) is 0 Å². The fraction of sp³-hybridized carbons (Fsp3) is 0.900. The highest BCUT2D eigenvalue weighted by Gasteiger charge is 2.31. The summed E-state index contributed by atoms with van der Waals surface area (Å²) >= 11 is 0. The molecule has 6 atom stereocenters. The molecular weight excluding hydrogens is 336 g/mol. The quantitative estimate of drug-likeness (QED) is 0.569. The van der Waals surface area contributed by atoms with Crippen molar-refractivity contribution < 1.29 is 30.0 Å². The van der Waals surface area contributed by atoms with Crippen LogP contribution in [0.25, 0.3) is 0 Å². The van der Waals surface area contributed by atoms with E-state index in [-0.39, 0.29) is 35.9 Å². The number of carbonyl (C=O) groups is 2. The molecule has 6 nitrogen and oxygen atoms in total. The second kappa shape index (κ2) is 11.5. The van der Waals surface area contributed by atoms with E-state index in [1.165, 1.54) is 0 Å². The molecule has 0 aliphatic heterocycles. The van der Waals surface area contributed by atoms with E-state index in [1.807, 2.05) is 13.8 Å². The number of aliphatic hydroxyl groups excluding tert-OH is 2. The summed E-state index contributed by atoms with van der Waals surface area (Å²) in [5.41, 5.74) is 0. The highest BCUT2D eigenvalue weighted by molar-refractivity contribution is 5.70. The topological polar surface area (TPSA) is 115 Å². The first-order valence-corrected chi connectivity index (χ1v) is 10.1. The zero-order valence-corrected chi connectivity index (χ0v) is 16.1. The molecule has 0 aromatic rings. The van der Waals surface area contributed by atoms with Gasteiger partial charge in [-0.15, -0.1) is 0 Å². The summed E-state index contributed by atoms with van der Waals surface area (Å²) in [7, 11) is 0. The van der Waals surface area contributed by atoms with Crippen LogP contribution in [0.15, 0.2) is 0 Å². The van der Waals surface area contributed by atoms with E-state index in [2.05, 4.69) is 0 Å². The minimum atomic E-state index is -0.707. The average Bonchev–Trinajstić information content (AvgIpc) is 2.56. The van der Waals surface area contributed by atoms with Gasteiger partial charge in [0, 0.05) is 0 Å². The van der Waals surface area contributed by atoms with Crippen LogP contribution in [-0.4, -0.2) is 44.6 Å². The van der Waals surface area contributed by atoms with Crippen molar-refractivity contribution in [1.82, 2.24) is 0 Å². The number of rotatable bonds is 6. The van der Waals surface area contributed by atoms with Crippen molar-refractivity contribution in [2.45, 2.75) is 90.3 Å². The van der Waals surface area contributed by atoms with Crippen molar-refractivity contribution >= 4 is 11.9 Å². The van der Waals surface area contributed by atoms with Gasteiger partial charge < -0.3 is 20.4 Å². The van der Waals surface area contributed by atoms with Gasteiger partial charge in [-0.1, -0.05) is 26.7 Å². The number of aliphatic carboxylic acids is 2. The first-order chi connectivity index (χ1) is 12.3. The Kier molecular flexibility index (Phi) is 10.2. The van der Waals surface area contributed by atoms with Crippen LogP contribution in [0.1, 0.15) is 78.1 Å². The monoisotopic (exact) mass is 372 g/mol. The maximum absolute atomic E-state index is 10.9. The molecule has 6 unspecified atom stereocenters. The minimum absolute atomic E-state index is 0.186. The van der Waals surface area contributed by atoms with Gasteiger partial charge in [0.2, 0.25) is 0 Å². The summed E-state index contributed by atoms with van der Waals surface area (Å²) < 4.78 is 0. The van der Waals surface area contributed by atoms with Gasteiger partial charge in [-0.2, -0.15) is 0 Å². The predicted octanol–water partition coefficient (Wildman–Crippen LogP) is 3.30. The molecule has 152 valence electrons. The molecular formula is C20H36O6. The molecule has 2 rings (SSSR count). The summed E-state index contributed by atoms with van der Waals surface area (Å²) in [6, 6.07) is 0. The second-order valence-electron chi connectivity index (χ2n) is 7.87. The average molecular weight is 373 g/mol. The molecule has 2 fully saturated rings. The lowest BCUT2D eigenvalue weighted by Crippen LogP contribution is -2.29. The fourth-order valence-electron chi connectivity index (χ4n) is 4.55.